The molecule has 22 heavy (non-hydrogen) atoms. The first-order chi connectivity index (χ1) is 10.7. The Morgan fingerprint density at radius 2 is 2.18 bits per heavy atom. The second kappa shape index (κ2) is 7.53. The molecule has 0 bridgehead atoms. The van der Waals surface area contributed by atoms with Crippen LogP contribution in [0.1, 0.15) is 29.6 Å². The van der Waals surface area contributed by atoms with Gasteiger partial charge in [0.15, 0.2) is 0 Å². The summed E-state index contributed by atoms with van der Waals surface area (Å²) in [6.45, 7) is 4.78. The maximum Gasteiger partial charge on any atom is 0.252 e. The summed E-state index contributed by atoms with van der Waals surface area (Å²) in [4.78, 5) is 18.7. The molecule has 0 aliphatic carbocycles. The Hall–Kier alpha value is -0.980. The third kappa shape index (κ3) is 4.06. The van der Waals surface area contributed by atoms with E-state index in [1.165, 1.54) is 0 Å². The minimum Gasteiger partial charge on any atom is -0.380 e. The molecule has 2 aliphatic heterocycles. The quantitative estimate of drug-likeness (QED) is 0.884. The summed E-state index contributed by atoms with van der Waals surface area (Å²) >= 11 is 3.34. The van der Waals surface area contributed by atoms with Crippen LogP contribution in [0, 0.1) is 5.92 Å². The van der Waals surface area contributed by atoms with Gasteiger partial charge in [0.25, 0.3) is 5.91 Å². The van der Waals surface area contributed by atoms with E-state index in [0.717, 1.165) is 56.6 Å². The van der Waals surface area contributed by atoms with Gasteiger partial charge in [0, 0.05) is 36.1 Å². The average Bonchev–Trinajstić information content (AvgIpc) is 3.07. The van der Waals surface area contributed by atoms with Crippen molar-refractivity contribution in [2.24, 2.45) is 5.92 Å². The number of carbonyl (C=O) groups excluding carboxylic acids is 1. The second-order valence-electron chi connectivity index (χ2n) is 6.10. The van der Waals surface area contributed by atoms with Gasteiger partial charge in [-0.25, -0.2) is 0 Å². The smallest absolute Gasteiger partial charge is 0.252 e. The molecule has 6 heteroatoms. The van der Waals surface area contributed by atoms with Gasteiger partial charge in [0.05, 0.1) is 12.2 Å². The van der Waals surface area contributed by atoms with Crippen LogP contribution >= 0.6 is 15.9 Å². The van der Waals surface area contributed by atoms with Crippen LogP contribution in [0.5, 0.6) is 0 Å². The highest BCUT2D eigenvalue weighted by Crippen LogP contribution is 2.22. The van der Waals surface area contributed by atoms with Gasteiger partial charge in [-0.3, -0.25) is 14.7 Å². The summed E-state index contributed by atoms with van der Waals surface area (Å²) in [5.74, 6) is 0.531. The number of halogens is 1. The first kappa shape index (κ1) is 15.9. The fraction of sp³-hybridized carbons (Fsp3) is 0.625. The zero-order chi connectivity index (χ0) is 15.4. The van der Waals surface area contributed by atoms with Gasteiger partial charge >= 0.3 is 0 Å². The van der Waals surface area contributed by atoms with Crippen LogP contribution in [0.2, 0.25) is 0 Å². The SMILES string of the molecule is O=C(NCC1CCN([C@@H]2CCOC2)CC1)c1cncc(Br)c1. The van der Waals surface area contributed by atoms with E-state index in [1.54, 1.807) is 18.5 Å². The summed E-state index contributed by atoms with van der Waals surface area (Å²) in [7, 11) is 0. The van der Waals surface area contributed by atoms with Gasteiger partial charge in [-0.2, -0.15) is 0 Å². The molecule has 0 saturated carbocycles. The molecule has 2 aliphatic rings. The molecule has 5 nitrogen and oxygen atoms in total. The van der Waals surface area contributed by atoms with Gasteiger partial charge in [-0.15, -0.1) is 0 Å². The maximum atomic E-state index is 12.1. The molecular formula is C16H22BrN3O2. The Morgan fingerprint density at radius 1 is 1.36 bits per heavy atom. The molecule has 0 radical (unpaired) electrons. The molecule has 1 N–H and O–H groups in total. The normalized spacial score (nSPS) is 23.6. The lowest BCUT2D eigenvalue weighted by molar-refractivity contribution is 0.0911. The van der Waals surface area contributed by atoms with Crippen molar-refractivity contribution >= 4 is 21.8 Å². The van der Waals surface area contributed by atoms with Crippen LogP contribution in [-0.2, 0) is 4.74 Å². The lowest BCUT2D eigenvalue weighted by Gasteiger charge is -2.35. The minimum absolute atomic E-state index is 0.0413. The van der Waals surface area contributed by atoms with E-state index in [0.29, 0.717) is 17.5 Å². The molecule has 0 spiro atoms. The van der Waals surface area contributed by atoms with E-state index in [9.17, 15) is 4.79 Å². The molecule has 1 aromatic heterocycles. The van der Waals surface area contributed by atoms with Crippen LogP contribution in [0.25, 0.3) is 0 Å². The third-order valence-corrected chi connectivity index (χ3v) is 5.02. The van der Waals surface area contributed by atoms with Crippen LogP contribution in [0.15, 0.2) is 22.9 Å². The largest absolute Gasteiger partial charge is 0.380 e. The molecule has 3 heterocycles. The number of rotatable bonds is 4. The number of piperidine rings is 1. The highest BCUT2D eigenvalue weighted by Gasteiger charge is 2.27. The van der Waals surface area contributed by atoms with Crippen LogP contribution < -0.4 is 5.32 Å². The molecule has 1 atom stereocenters. The Bertz CT molecular complexity index is 512. The second-order valence-corrected chi connectivity index (χ2v) is 7.01. The van der Waals surface area contributed by atoms with Crippen molar-refractivity contribution in [3.8, 4) is 0 Å². The minimum atomic E-state index is -0.0413. The number of aromatic nitrogens is 1. The maximum absolute atomic E-state index is 12.1. The number of likely N-dealkylation sites (tertiary alicyclic amines) is 1. The van der Waals surface area contributed by atoms with Crippen molar-refractivity contribution < 1.29 is 9.53 Å². The number of amides is 1. The highest BCUT2D eigenvalue weighted by atomic mass is 79.9. The molecule has 0 aromatic carbocycles. The molecule has 0 unspecified atom stereocenters. The van der Waals surface area contributed by atoms with Crippen molar-refractivity contribution in [2.45, 2.75) is 25.3 Å². The average molecular weight is 368 g/mol. The Balaban J connectivity index is 1.42. The van der Waals surface area contributed by atoms with Gasteiger partial charge in [-0.1, -0.05) is 0 Å². The molecular weight excluding hydrogens is 346 g/mol. The zero-order valence-corrected chi connectivity index (χ0v) is 14.2. The van der Waals surface area contributed by atoms with Gasteiger partial charge in [-0.05, 0) is 60.3 Å². The molecule has 1 aromatic rings. The number of carbonyl (C=O) groups is 1. The summed E-state index contributed by atoms with van der Waals surface area (Å²) in [6, 6.07) is 2.41. The Labute approximate surface area is 139 Å². The van der Waals surface area contributed by atoms with E-state index in [4.69, 9.17) is 4.74 Å². The van der Waals surface area contributed by atoms with Crippen LogP contribution in [0.4, 0.5) is 0 Å². The van der Waals surface area contributed by atoms with E-state index >= 15 is 0 Å². The number of ether oxygens (including phenoxy) is 1. The number of pyridine rings is 1. The van der Waals surface area contributed by atoms with Crippen molar-refractivity contribution in [1.29, 1.82) is 0 Å². The van der Waals surface area contributed by atoms with Gasteiger partial charge in [0.1, 0.15) is 0 Å². The third-order valence-electron chi connectivity index (χ3n) is 4.59. The van der Waals surface area contributed by atoms with Crippen molar-refractivity contribution in [3.05, 3.63) is 28.5 Å². The van der Waals surface area contributed by atoms with E-state index < -0.39 is 0 Å². The molecule has 120 valence electrons. The lowest BCUT2D eigenvalue weighted by atomic mass is 9.95. The van der Waals surface area contributed by atoms with Crippen LogP contribution in [0.3, 0.4) is 0 Å². The summed E-state index contributed by atoms with van der Waals surface area (Å²) < 4.78 is 6.29. The zero-order valence-electron chi connectivity index (χ0n) is 12.6. The highest BCUT2D eigenvalue weighted by molar-refractivity contribution is 9.10. The monoisotopic (exact) mass is 367 g/mol. The molecule has 2 saturated heterocycles. The summed E-state index contributed by atoms with van der Waals surface area (Å²) in [5, 5.41) is 3.04. The fourth-order valence-electron chi connectivity index (χ4n) is 3.21. The molecule has 3 rings (SSSR count). The predicted octanol–water partition coefficient (Wildman–Crippen LogP) is 2.07. The van der Waals surface area contributed by atoms with E-state index in [2.05, 4.69) is 31.1 Å². The predicted molar refractivity (Wildman–Crippen MR) is 87.8 cm³/mol. The number of nitrogens with one attached hydrogen (secondary N) is 1. The first-order valence-electron chi connectivity index (χ1n) is 7.93. The first-order valence-corrected chi connectivity index (χ1v) is 8.72. The number of hydrogen-bond donors (Lipinski definition) is 1. The number of nitrogens with zero attached hydrogens (tertiary/aromatic N) is 2. The standard InChI is InChI=1S/C16H22BrN3O2/c17-14-7-13(9-18-10-14)16(21)19-8-12-1-4-20(5-2-12)15-3-6-22-11-15/h7,9-10,12,15H,1-6,8,11H2,(H,19,21)/t15-/m1/s1. The molecule has 2 fully saturated rings. The van der Waals surface area contributed by atoms with Crippen LogP contribution in [-0.4, -0.2) is 54.7 Å². The van der Waals surface area contributed by atoms with Crippen molar-refractivity contribution in [3.63, 3.8) is 0 Å². The Kier molecular flexibility index (Phi) is 5.44. The molecule has 1 amide bonds. The summed E-state index contributed by atoms with van der Waals surface area (Å²) in [5.41, 5.74) is 0.606. The topological polar surface area (TPSA) is 54.5 Å². The van der Waals surface area contributed by atoms with E-state index in [1.807, 2.05) is 0 Å². The Morgan fingerprint density at radius 3 is 2.86 bits per heavy atom. The van der Waals surface area contributed by atoms with Gasteiger partial charge in [0.2, 0.25) is 0 Å². The van der Waals surface area contributed by atoms with E-state index in [-0.39, 0.29) is 5.91 Å². The summed E-state index contributed by atoms with van der Waals surface area (Å²) in [6.07, 6.45) is 6.74. The van der Waals surface area contributed by atoms with Crippen molar-refractivity contribution in [1.82, 2.24) is 15.2 Å². The lowest BCUT2D eigenvalue weighted by Crippen LogP contribution is -2.43. The fourth-order valence-corrected chi connectivity index (χ4v) is 3.57. The van der Waals surface area contributed by atoms with Gasteiger partial charge < -0.3 is 10.1 Å². The number of hydrogen-bond acceptors (Lipinski definition) is 4. The van der Waals surface area contributed by atoms with Crippen molar-refractivity contribution in [2.75, 3.05) is 32.8 Å².